The van der Waals surface area contributed by atoms with Crippen LogP contribution >= 0.6 is 0 Å². The molecule has 1 heterocycles. The first-order valence-corrected chi connectivity index (χ1v) is 5.32. The molecule has 0 saturated heterocycles. The highest BCUT2D eigenvalue weighted by molar-refractivity contribution is 5.74. The minimum atomic E-state index is 0.0218. The van der Waals surface area contributed by atoms with Gasteiger partial charge >= 0.3 is 0 Å². The Bertz CT molecular complexity index is 582. The fourth-order valence-electron chi connectivity index (χ4n) is 2.40. The molecule has 5 nitrogen and oxygen atoms in total. The molecule has 0 radical (unpaired) electrons. The van der Waals surface area contributed by atoms with Gasteiger partial charge in [0, 0.05) is 6.07 Å². The minimum absolute atomic E-state index is 0.0218. The van der Waals surface area contributed by atoms with Crippen LogP contribution in [0.25, 0.3) is 11.0 Å². The predicted molar refractivity (Wildman–Crippen MR) is 59.5 cm³/mol. The molecule has 5 heteroatoms. The molecule has 16 heavy (non-hydrogen) atoms. The molecule has 0 saturated carbocycles. The van der Waals surface area contributed by atoms with Crippen LogP contribution in [-0.2, 0) is 12.8 Å². The van der Waals surface area contributed by atoms with E-state index in [1.165, 1.54) is 11.1 Å². The van der Waals surface area contributed by atoms with Crippen molar-refractivity contribution in [3.05, 3.63) is 28.5 Å². The summed E-state index contributed by atoms with van der Waals surface area (Å²) in [4.78, 5) is 4.64. The van der Waals surface area contributed by atoms with E-state index in [0.717, 1.165) is 12.8 Å². The van der Waals surface area contributed by atoms with Gasteiger partial charge in [0.2, 0.25) is 0 Å². The Kier molecular flexibility index (Phi) is 1.77. The van der Waals surface area contributed by atoms with E-state index in [1.807, 2.05) is 12.1 Å². The number of anilines is 1. The smallest absolute Gasteiger partial charge is 0.288 e. The van der Waals surface area contributed by atoms with Gasteiger partial charge in [0.15, 0.2) is 0 Å². The Balaban J connectivity index is 2.30. The summed E-state index contributed by atoms with van der Waals surface area (Å²) in [5.41, 5.74) is 9.10. The Morgan fingerprint density at radius 2 is 2.06 bits per heavy atom. The van der Waals surface area contributed by atoms with Crippen molar-refractivity contribution >= 4 is 17.0 Å². The predicted octanol–water partition coefficient (Wildman–Crippen LogP) is 0.580. The average Bonchev–Trinajstić information content (AvgIpc) is 2.54. The second-order valence-corrected chi connectivity index (χ2v) is 4.47. The van der Waals surface area contributed by atoms with Gasteiger partial charge in [-0.15, -0.1) is 0 Å². The molecular formula is C11H12N4O. The van der Waals surface area contributed by atoms with Crippen LogP contribution in [0.2, 0.25) is 0 Å². The fourth-order valence-corrected chi connectivity index (χ4v) is 2.40. The number of nitrogen functional groups attached to an aromatic ring is 1. The van der Waals surface area contributed by atoms with Gasteiger partial charge < -0.3 is 10.9 Å². The maximum atomic E-state index is 11.6. The zero-order valence-corrected chi connectivity index (χ0v) is 8.97. The number of benzene rings is 1. The van der Waals surface area contributed by atoms with Crippen LogP contribution in [0.4, 0.5) is 5.95 Å². The molecule has 1 atom stereocenters. The third-order valence-electron chi connectivity index (χ3n) is 3.07. The number of nitrogens with zero attached hydrogens (tertiary/aromatic N) is 3. The first-order valence-electron chi connectivity index (χ1n) is 5.32. The third-order valence-corrected chi connectivity index (χ3v) is 3.07. The molecule has 0 aliphatic heterocycles. The summed E-state index contributed by atoms with van der Waals surface area (Å²) in [6.45, 7) is 2.20. The number of hydrogen-bond donors (Lipinski definition) is 1. The molecule has 1 aromatic carbocycles. The lowest BCUT2D eigenvalue weighted by atomic mass is 10.1. The molecule has 0 spiro atoms. The van der Waals surface area contributed by atoms with Crippen molar-refractivity contribution in [2.24, 2.45) is 5.92 Å². The summed E-state index contributed by atoms with van der Waals surface area (Å²) in [6, 6.07) is 3.85. The zero-order valence-electron chi connectivity index (χ0n) is 8.97. The summed E-state index contributed by atoms with van der Waals surface area (Å²) in [5, 5.41) is 15.1. The summed E-state index contributed by atoms with van der Waals surface area (Å²) < 4.78 is 0. The number of nitrogens with two attached hydrogens (primary N) is 1. The minimum Gasteiger partial charge on any atom is -0.594 e. The largest absolute Gasteiger partial charge is 0.594 e. The summed E-state index contributed by atoms with van der Waals surface area (Å²) in [7, 11) is 0. The molecular weight excluding hydrogens is 204 g/mol. The monoisotopic (exact) mass is 216 g/mol. The van der Waals surface area contributed by atoms with Crippen LogP contribution in [0.1, 0.15) is 18.1 Å². The maximum Gasteiger partial charge on any atom is 0.288 e. The highest BCUT2D eigenvalue weighted by Crippen LogP contribution is 2.28. The topological polar surface area (TPSA) is 78.7 Å². The van der Waals surface area contributed by atoms with Crippen LogP contribution in [0, 0.1) is 11.1 Å². The van der Waals surface area contributed by atoms with Crippen molar-refractivity contribution in [3.8, 4) is 0 Å². The van der Waals surface area contributed by atoms with Crippen molar-refractivity contribution in [2.75, 3.05) is 5.73 Å². The molecule has 1 aromatic heterocycles. The lowest BCUT2D eigenvalue weighted by Crippen LogP contribution is -2.33. The highest BCUT2D eigenvalue weighted by Gasteiger charge is 2.21. The molecule has 2 aromatic rings. The summed E-state index contributed by atoms with van der Waals surface area (Å²) in [5.74, 6) is 0.658. The quantitative estimate of drug-likeness (QED) is 0.516. The third kappa shape index (κ3) is 1.28. The van der Waals surface area contributed by atoms with Crippen molar-refractivity contribution in [3.63, 3.8) is 0 Å². The van der Waals surface area contributed by atoms with Crippen LogP contribution in [0.15, 0.2) is 12.1 Å². The van der Waals surface area contributed by atoms with Crippen molar-refractivity contribution < 1.29 is 4.85 Å². The lowest BCUT2D eigenvalue weighted by molar-refractivity contribution is -0.641. The normalized spacial score (nSPS) is 18.9. The van der Waals surface area contributed by atoms with Gasteiger partial charge in [-0.1, -0.05) is 6.92 Å². The SMILES string of the molecule is CC1Cc2cc3nc(N)n[n+]([O-])c3cc2C1. The van der Waals surface area contributed by atoms with E-state index in [9.17, 15) is 5.21 Å². The number of rotatable bonds is 0. The Morgan fingerprint density at radius 1 is 1.38 bits per heavy atom. The van der Waals surface area contributed by atoms with Gasteiger partial charge in [0.25, 0.3) is 11.5 Å². The molecule has 1 aliphatic rings. The summed E-state index contributed by atoms with van der Waals surface area (Å²) in [6.07, 6.45) is 2.07. The van der Waals surface area contributed by atoms with Crippen LogP contribution in [0.3, 0.4) is 0 Å². The Morgan fingerprint density at radius 3 is 2.81 bits per heavy atom. The van der Waals surface area contributed by atoms with Gasteiger partial charge in [-0.2, -0.15) is 0 Å². The molecule has 0 amide bonds. The lowest BCUT2D eigenvalue weighted by Gasteiger charge is -2.02. The number of hydrogen-bond acceptors (Lipinski definition) is 4. The van der Waals surface area contributed by atoms with E-state index in [0.29, 0.717) is 21.8 Å². The van der Waals surface area contributed by atoms with E-state index < -0.39 is 0 Å². The van der Waals surface area contributed by atoms with Crippen LogP contribution in [-0.4, -0.2) is 10.1 Å². The molecule has 3 rings (SSSR count). The number of fused-ring (bicyclic) bond motifs is 2. The van der Waals surface area contributed by atoms with E-state index in [1.54, 1.807) is 0 Å². The van der Waals surface area contributed by atoms with E-state index in [4.69, 9.17) is 5.73 Å². The molecule has 0 bridgehead atoms. The second-order valence-electron chi connectivity index (χ2n) is 4.47. The van der Waals surface area contributed by atoms with Gasteiger partial charge in [-0.05, 0) is 40.8 Å². The molecule has 1 unspecified atom stereocenters. The highest BCUT2D eigenvalue weighted by atomic mass is 16.5. The van der Waals surface area contributed by atoms with Gasteiger partial charge in [-0.25, -0.2) is 4.98 Å². The maximum absolute atomic E-state index is 11.6. The van der Waals surface area contributed by atoms with Crippen LogP contribution in [0.5, 0.6) is 0 Å². The van der Waals surface area contributed by atoms with E-state index in [-0.39, 0.29) is 5.95 Å². The standard InChI is InChI=1S/C11H12N4O/c1-6-2-7-4-9-10(5-8(7)3-6)15(16)14-11(12)13-9/h4-6H,2-3H2,1H3,(H2,12,13,14). The zero-order chi connectivity index (χ0) is 11.3. The van der Waals surface area contributed by atoms with E-state index >= 15 is 0 Å². The molecule has 2 N–H and O–H groups in total. The van der Waals surface area contributed by atoms with Gasteiger partial charge in [-0.3, -0.25) is 0 Å². The average molecular weight is 216 g/mol. The molecule has 0 fully saturated rings. The molecule has 82 valence electrons. The second kappa shape index (κ2) is 3.04. The van der Waals surface area contributed by atoms with Crippen molar-refractivity contribution in [2.45, 2.75) is 19.8 Å². The Labute approximate surface area is 92.5 Å². The molecule has 1 aliphatic carbocycles. The van der Waals surface area contributed by atoms with Crippen molar-refractivity contribution in [1.29, 1.82) is 0 Å². The van der Waals surface area contributed by atoms with Crippen molar-refractivity contribution in [1.82, 2.24) is 10.1 Å². The Hall–Kier alpha value is -1.91. The van der Waals surface area contributed by atoms with Crippen LogP contribution < -0.4 is 10.6 Å². The number of aromatic nitrogens is 3. The van der Waals surface area contributed by atoms with Gasteiger partial charge in [0.1, 0.15) is 5.52 Å². The first kappa shape index (κ1) is 9.33. The van der Waals surface area contributed by atoms with Gasteiger partial charge in [0.05, 0.1) is 5.10 Å². The summed E-state index contributed by atoms with van der Waals surface area (Å²) >= 11 is 0. The fraction of sp³-hybridized carbons (Fsp3) is 0.364. The first-order chi connectivity index (χ1) is 7.63. The van der Waals surface area contributed by atoms with E-state index in [2.05, 4.69) is 17.0 Å².